The number of nitro groups is 1. The summed E-state index contributed by atoms with van der Waals surface area (Å²) in [6, 6.07) is 5.90. The van der Waals surface area contributed by atoms with Crippen LogP contribution in [0.3, 0.4) is 0 Å². The van der Waals surface area contributed by atoms with E-state index in [-0.39, 0.29) is 18.2 Å². The molecule has 0 saturated carbocycles. The second-order valence-corrected chi connectivity index (χ2v) is 3.20. The first-order valence-electron chi connectivity index (χ1n) is 4.71. The fourth-order valence-electron chi connectivity index (χ4n) is 1.22. The Morgan fingerprint density at radius 1 is 1.47 bits per heavy atom. The number of ether oxygens (including phenoxy) is 1. The molecule has 0 saturated heterocycles. The van der Waals surface area contributed by atoms with Crippen molar-refractivity contribution < 1.29 is 14.1 Å². The van der Waals surface area contributed by atoms with Crippen molar-refractivity contribution in [2.45, 2.75) is 6.73 Å². The van der Waals surface area contributed by atoms with Crippen molar-refractivity contribution in [2.24, 2.45) is 0 Å². The molecule has 2 aromatic rings. The van der Waals surface area contributed by atoms with Crippen molar-refractivity contribution in [3.05, 3.63) is 52.6 Å². The second-order valence-electron chi connectivity index (χ2n) is 3.20. The molecule has 1 aromatic carbocycles. The minimum atomic E-state index is -0.563. The van der Waals surface area contributed by atoms with Gasteiger partial charge in [-0.15, -0.1) is 0 Å². The fourth-order valence-corrected chi connectivity index (χ4v) is 1.22. The van der Waals surface area contributed by atoms with Gasteiger partial charge in [0, 0.05) is 0 Å². The maximum Gasteiger partial charge on any atom is 0.307 e. The summed E-state index contributed by atoms with van der Waals surface area (Å²) in [4.78, 5) is 9.83. The summed E-state index contributed by atoms with van der Waals surface area (Å²) < 4.78 is 19.5. The van der Waals surface area contributed by atoms with Crippen LogP contribution in [-0.2, 0) is 6.73 Å². The van der Waals surface area contributed by atoms with E-state index >= 15 is 0 Å². The van der Waals surface area contributed by atoms with E-state index in [0.29, 0.717) is 0 Å². The third-order valence-electron chi connectivity index (χ3n) is 2.02. The highest BCUT2D eigenvalue weighted by Gasteiger charge is 2.09. The van der Waals surface area contributed by atoms with Crippen molar-refractivity contribution in [2.75, 3.05) is 0 Å². The molecular formula is C10H8FN3O3. The third kappa shape index (κ3) is 2.57. The van der Waals surface area contributed by atoms with Gasteiger partial charge in [0.05, 0.1) is 4.92 Å². The minimum absolute atomic E-state index is 0.0747. The highest BCUT2D eigenvalue weighted by molar-refractivity contribution is 5.23. The van der Waals surface area contributed by atoms with Crippen LogP contribution >= 0.6 is 0 Å². The van der Waals surface area contributed by atoms with Crippen LogP contribution in [0.15, 0.2) is 36.7 Å². The summed E-state index contributed by atoms with van der Waals surface area (Å²) in [5.74, 6) is -0.417. The number of nitrogens with zero attached hydrogens (tertiary/aromatic N) is 3. The number of para-hydroxylation sites is 1. The van der Waals surface area contributed by atoms with Crippen molar-refractivity contribution >= 4 is 5.69 Å². The van der Waals surface area contributed by atoms with Crippen molar-refractivity contribution in [1.82, 2.24) is 9.78 Å². The van der Waals surface area contributed by atoms with E-state index in [1.165, 1.54) is 23.0 Å². The average molecular weight is 237 g/mol. The smallest absolute Gasteiger partial charge is 0.307 e. The molecule has 0 aliphatic rings. The average Bonchev–Trinajstić information content (AvgIpc) is 2.77. The predicted octanol–water partition coefficient (Wildman–Crippen LogP) is 1.97. The van der Waals surface area contributed by atoms with Crippen LogP contribution in [-0.4, -0.2) is 14.7 Å². The van der Waals surface area contributed by atoms with Gasteiger partial charge in [0.25, 0.3) is 0 Å². The van der Waals surface area contributed by atoms with Crippen LogP contribution in [0.25, 0.3) is 0 Å². The normalized spacial score (nSPS) is 10.2. The summed E-state index contributed by atoms with van der Waals surface area (Å²) in [5, 5.41) is 14.1. The summed E-state index contributed by atoms with van der Waals surface area (Å²) in [6.45, 7) is -0.0885. The van der Waals surface area contributed by atoms with Gasteiger partial charge in [0.1, 0.15) is 12.4 Å². The number of rotatable bonds is 4. The Balaban J connectivity index is 2.02. The van der Waals surface area contributed by atoms with Gasteiger partial charge in [0.2, 0.25) is 0 Å². The molecule has 88 valence electrons. The summed E-state index contributed by atoms with van der Waals surface area (Å²) in [7, 11) is 0. The third-order valence-corrected chi connectivity index (χ3v) is 2.02. The lowest BCUT2D eigenvalue weighted by atomic mass is 10.3. The molecule has 0 fully saturated rings. The summed E-state index contributed by atoms with van der Waals surface area (Å²) in [6.07, 6.45) is 2.31. The van der Waals surface area contributed by atoms with E-state index in [9.17, 15) is 14.5 Å². The van der Waals surface area contributed by atoms with Crippen LogP contribution in [0.1, 0.15) is 0 Å². The van der Waals surface area contributed by atoms with Gasteiger partial charge >= 0.3 is 5.69 Å². The molecule has 0 aliphatic carbocycles. The van der Waals surface area contributed by atoms with Crippen LogP contribution < -0.4 is 4.74 Å². The van der Waals surface area contributed by atoms with E-state index < -0.39 is 10.7 Å². The van der Waals surface area contributed by atoms with Gasteiger partial charge < -0.3 is 4.74 Å². The Bertz CT molecular complexity index is 541. The molecule has 7 heteroatoms. The maximum atomic E-state index is 13.2. The molecule has 0 radical (unpaired) electrons. The van der Waals surface area contributed by atoms with Crippen molar-refractivity contribution in [3.8, 4) is 5.75 Å². The standard InChI is InChI=1S/C10H8FN3O3/c11-9-3-1-2-4-10(9)17-7-13-6-8(5-12-13)14(15)16/h1-6H,7H2. The van der Waals surface area contributed by atoms with Crippen molar-refractivity contribution in [1.29, 1.82) is 0 Å². The monoisotopic (exact) mass is 237 g/mol. The van der Waals surface area contributed by atoms with Crippen LogP contribution in [0.4, 0.5) is 10.1 Å². The van der Waals surface area contributed by atoms with Gasteiger partial charge in [-0.05, 0) is 12.1 Å². The largest absolute Gasteiger partial charge is 0.468 e. The number of hydrogen-bond donors (Lipinski definition) is 0. The second kappa shape index (κ2) is 4.60. The molecule has 1 aromatic heterocycles. The number of benzene rings is 1. The van der Waals surface area contributed by atoms with Gasteiger partial charge in [-0.2, -0.15) is 5.10 Å². The zero-order chi connectivity index (χ0) is 12.3. The lowest BCUT2D eigenvalue weighted by Crippen LogP contribution is -2.06. The minimum Gasteiger partial charge on any atom is -0.468 e. The molecular weight excluding hydrogens is 229 g/mol. The first kappa shape index (κ1) is 11.1. The number of hydrogen-bond acceptors (Lipinski definition) is 4. The highest BCUT2D eigenvalue weighted by atomic mass is 19.1. The Morgan fingerprint density at radius 2 is 2.24 bits per heavy atom. The van der Waals surface area contributed by atoms with Crippen LogP contribution in [0, 0.1) is 15.9 Å². The topological polar surface area (TPSA) is 70.2 Å². The van der Waals surface area contributed by atoms with Gasteiger partial charge in [-0.3, -0.25) is 10.1 Å². The molecule has 0 amide bonds. The lowest BCUT2D eigenvalue weighted by Gasteiger charge is -2.05. The first-order valence-corrected chi connectivity index (χ1v) is 4.71. The maximum absolute atomic E-state index is 13.2. The molecule has 17 heavy (non-hydrogen) atoms. The van der Waals surface area contributed by atoms with E-state index in [1.54, 1.807) is 12.1 Å². The van der Waals surface area contributed by atoms with E-state index in [4.69, 9.17) is 4.74 Å². The summed E-state index contributed by atoms with van der Waals surface area (Å²) in [5.41, 5.74) is -0.137. The van der Waals surface area contributed by atoms with Crippen LogP contribution in [0.5, 0.6) is 5.75 Å². The van der Waals surface area contributed by atoms with Gasteiger partial charge in [-0.25, -0.2) is 9.07 Å². The van der Waals surface area contributed by atoms with Crippen LogP contribution in [0.2, 0.25) is 0 Å². The molecule has 0 N–H and O–H groups in total. The lowest BCUT2D eigenvalue weighted by molar-refractivity contribution is -0.385. The highest BCUT2D eigenvalue weighted by Crippen LogP contribution is 2.16. The number of halogens is 1. The van der Waals surface area contributed by atoms with E-state index in [1.807, 2.05) is 0 Å². The Labute approximate surface area is 95.4 Å². The molecule has 2 rings (SSSR count). The molecule has 1 heterocycles. The van der Waals surface area contributed by atoms with E-state index in [2.05, 4.69) is 5.10 Å². The Morgan fingerprint density at radius 3 is 2.88 bits per heavy atom. The zero-order valence-electron chi connectivity index (χ0n) is 8.62. The summed E-state index contributed by atoms with van der Waals surface area (Å²) >= 11 is 0. The van der Waals surface area contributed by atoms with Gasteiger partial charge in [-0.1, -0.05) is 12.1 Å². The molecule has 0 bridgehead atoms. The molecule has 0 atom stereocenters. The molecule has 0 spiro atoms. The zero-order valence-corrected chi connectivity index (χ0v) is 8.62. The molecule has 6 nitrogen and oxygen atoms in total. The van der Waals surface area contributed by atoms with E-state index in [0.717, 1.165) is 6.20 Å². The Kier molecular flexibility index (Phi) is 2.99. The predicted molar refractivity (Wildman–Crippen MR) is 55.9 cm³/mol. The molecule has 0 unspecified atom stereocenters. The van der Waals surface area contributed by atoms with Crippen molar-refractivity contribution in [3.63, 3.8) is 0 Å². The Hall–Kier alpha value is -2.44. The SMILES string of the molecule is O=[N+]([O-])c1cnn(COc2ccccc2F)c1. The van der Waals surface area contributed by atoms with Gasteiger partial charge in [0.15, 0.2) is 18.3 Å². The fraction of sp³-hybridized carbons (Fsp3) is 0.100. The molecule has 0 aliphatic heterocycles. The quantitative estimate of drug-likeness (QED) is 0.602. The first-order chi connectivity index (χ1) is 8.16. The number of aromatic nitrogens is 2.